The molecular formula is C21H21NO8. The molecule has 0 aromatic heterocycles. The lowest BCUT2D eigenvalue weighted by atomic mass is 10.0. The Bertz CT molecular complexity index is 926. The minimum absolute atomic E-state index is 0.191. The molecule has 2 atom stereocenters. The second kappa shape index (κ2) is 10.6. The van der Waals surface area contributed by atoms with Crippen LogP contribution in [0, 0.1) is 0 Å². The summed E-state index contributed by atoms with van der Waals surface area (Å²) >= 11 is 0. The third-order valence-electron chi connectivity index (χ3n) is 4.02. The van der Waals surface area contributed by atoms with Gasteiger partial charge in [-0.2, -0.15) is 0 Å². The summed E-state index contributed by atoms with van der Waals surface area (Å²) in [7, 11) is 2.67. The SMILES string of the molecule is COc1ccc([C@@H](OC(=O)NC(=O)c2ccccc2)[C@@H](/C=C/C(=O)O)OC)cc1O. The summed E-state index contributed by atoms with van der Waals surface area (Å²) in [4.78, 5) is 35.4. The third kappa shape index (κ3) is 6.08. The van der Waals surface area contributed by atoms with Crippen LogP contribution in [0.2, 0.25) is 0 Å². The number of aliphatic carboxylic acids is 1. The monoisotopic (exact) mass is 415 g/mol. The number of benzene rings is 2. The van der Waals surface area contributed by atoms with Crippen LogP contribution in [-0.4, -0.2) is 48.5 Å². The van der Waals surface area contributed by atoms with Gasteiger partial charge in [-0.1, -0.05) is 24.3 Å². The molecule has 2 rings (SSSR count). The number of carbonyl (C=O) groups is 3. The second-order valence-electron chi connectivity index (χ2n) is 5.98. The van der Waals surface area contributed by atoms with E-state index in [1.54, 1.807) is 18.2 Å². The summed E-state index contributed by atoms with van der Waals surface area (Å²) in [6, 6.07) is 12.3. The van der Waals surface area contributed by atoms with Crippen LogP contribution in [0.4, 0.5) is 4.79 Å². The zero-order chi connectivity index (χ0) is 22.1. The average molecular weight is 415 g/mol. The normalized spacial score (nSPS) is 12.7. The minimum atomic E-state index is -1.22. The molecule has 0 spiro atoms. The van der Waals surface area contributed by atoms with Crippen LogP contribution >= 0.6 is 0 Å². The van der Waals surface area contributed by atoms with Crippen LogP contribution in [-0.2, 0) is 14.3 Å². The molecule has 0 aliphatic heterocycles. The van der Waals surface area contributed by atoms with Crippen molar-refractivity contribution in [3.8, 4) is 11.5 Å². The Hall–Kier alpha value is -3.85. The Balaban J connectivity index is 2.28. The van der Waals surface area contributed by atoms with Gasteiger partial charge in [0, 0.05) is 18.7 Å². The molecule has 158 valence electrons. The maximum atomic E-state index is 12.3. The summed E-state index contributed by atoms with van der Waals surface area (Å²) in [6.45, 7) is 0. The minimum Gasteiger partial charge on any atom is -0.504 e. The van der Waals surface area contributed by atoms with Gasteiger partial charge in [0.15, 0.2) is 17.6 Å². The number of carbonyl (C=O) groups excluding carboxylic acids is 2. The van der Waals surface area contributed by atoms with E-state index in [4.69, 9.17) is 19.3 Å². The van der Waals surface area contributed by atoms with Crippen molar-refractivity contribution in [1.29, 1.82) is 0 Å². The molecule has 2 aromatic carbocycles. The van der Waals surface area contributed by atoms with Crippen molar-refractivity contribution >= 4 is 18.0 Å². The lowest BCUT2D eigenvalue weighted by Gasteiger charge is -2.24. The van der Waals surface area contributed by atoms with Gasteiger partial charge in [-0.3, -0.25) is 10.1 Å². The van der Waals surface area contributed by atoms with Crippen LogP contribution in [0.15, 0.2) is 60.7 Å². The summed E-state index contributed by atoms with van der Waals surface area (Å²) < 4.78 is 15.6. The number of ether oxygens (including phenoxy) is 3. The highest BCUT2D eigenvalue weighted by Gasteiger charge is 2.27. The van der Waals surface area contributed by atoms with Crippen molar-refractivity contribution in [3.05, 3.63) is 71.8 Å². The highest BCUT2D eigenvalue weighted by molar-refractivity contribution is 6.02. The Morgan fingerprint density at radius 3 is 2.33 bits per heavy atom. The van der Waals surface area contributed by atoms with Gasteiger partial charge < -0.3 is 24.4 Å². The van der Waals surface area contributed by atoms with Crippen molar-refractivity contribution in [3.63, 3.8) is 0 Å². The van der Waals surface area contributed by atoms with E-state index in [-0.39, 0.29) is 22.6 Å². The number of hydrogen-bond donors (Lipinski definition) is 3. The predicted molar refractivity (Wildman–Crippen MR) is 105 cm³/mol. The first-order valence-corrected chi connectivity index (χ1v) is 8.73. The molecule has 30 heavy (non-hydrogen) atoms. The summed E-state index contributed by atoms with van der Waals surface area (Å²) in [5.41, 5.74) is 0.541. The van der Waals surface area contributed by atoms with Crippen molar-refractivity contribution in [2.75, 3.05) is 14.2 Å². The molecule has 2 aromatic rings. The molecule has 0 unspecified atom stereocenters. The fourth-order valence-electron chi connectivity index (χ4n) is 2.59. The molecule has 0 bridgehead atoms. The van der Waals surface area contributed by atoms with Gasteiger partial charge >= 0.3 is 12.1 Å². The fourth-order valence-corrected chi connectivity index (χ4v) is 2.59. The predicted octanol–water partition coefficient (Wildman–Crippen LogP) is 2.66. The molecule has 2 amide bonds. The van der Waals surface area contributed by atoms with E-state index in [0.29, 0.717) is 0 Å². The quantitative estimate of drug-likeness (QED) is 0.561. The number of aromatic hydroxyl groups is 1. The molecule has 0 fully saturated rings. The molecular weight excluding hydrogens is 394 g/mol. The lowest BCUT2D eigenvalue weighted by Crippen LogP contribution is -2.34. The van der Waals surface area contributed by atoms with E-state index < -0.39 is 30.2 Å². The number of hydrogen-bond acceptors (Lipinski definition) is 7. The number of rotatable bonds is 8. The summed E-state index contributed by atoms with van der Waals surface area (Å²) in [5, 5.41) is 21.0. The molecule has 3 N–H and O–H groups in total. The van der Waals surface area contributed by atoms with E-state index >= 15 is 0 Å². The van der Waals surface area contributed by atoms with Crippen LogP contribution in [0.25, 0.3) is 0 Å². The fraction of sp³-hybridized carbons (Fsp3) is 0.190. The zero-order valence-corrected chi connectivity index (χ0v) is 16.3. The molecule has 0 saturated heterocycles. The Labute approximate surface area is 172 Å². The number of carboxylic acid groups (broad SMARTS) is 1. The Kier molecular flexibility index (Phi) is 7.95. The van der Waals surface area contributed by atoms with Crippen molar-refractivity contribution < 1.29 is 38.8 Å². The van der Waals surface area contributed by atoms with Crippen LogP contribution < -0.4 is 10.1 Å². The number of imide groups is 1. The summed E-state index contributed by atoms with van der Waals surface area (Å²) in [6.07, 6.45) is -1.26. The maximum Gasteiger partial charge on any atom is 0.414 e. The van der Waals surface area contributed by atoms with Gasteiger partial charge in [0.25, 0.3) is 5.91 Å². The van der Waals surface area contributed by atoms with E-state index in [9.17, 15) is 19.5 Å². The second-order valence-corrected chi connectivity index (χ2v) is 5.98. The van der Waals surface area contributed by atoms with Crippen molar-refractivity contribution in [2.45, 2.75) is 12.2 Å². The number of methoxy groups -OCH3 is 2. The highest BCUT2D eigenvalue weighted by Crippen LogP contribution is 2.32. The topological polar surface area (TPSA) is 131 Å². The van der Waals surface area contributed by atoms with Gasteiger partial charge in [0.2, 0.25) is 0 Å². The first-order valence-electron chi connectivity index (χ1n) is 8.73. The first kappa shape index (κ1) is 22.4. The van der Waals surface area contributed by atoms with E-state index in [2.05, 4.69) is 5.32 Å². The number of phenols is 1. The molecule has 0 heterocycles. The lowest BCUT2D eigenvalue weighted by molar-refractivity contribution is -0.131. The van der Waals surface area contributed by atoms with Crippen molar-refractivity contribution in [2.24, 2.45) is 0 Å². The van der Waals surface area contributed by atoms with Gasteiger partial charge in [-0.05, 0) is 35.9 Å². The smallest absolute Gasteiger partial charge is 0.414 e. The van der Waals surface area contributed by atoms with Crippen LogP contribution in [0.3, 0.4) is 0 Å². The zero-order valence-electron chi connectivity index (χ0n) is 16.3. The van der Waals surface area contributed by atoms with Gasteiger partial charge in [-0.15, -0.1) is 0 Å². The highest BCUT2D eigenvalue weighted by atomic mass is 16.6. The largest absolute Gasteiger partial charge is 0.504 e. The average Bonchev–Trinajstić information content (AvgIpc) is 2.73. The number of alkyl carbamates (subject to hydrolysis) is 1. The molecule has 0 aliphatic carbocycles. The third-order valence-corrected chi connectivity index (χ3v) is 4.02. The van der Waals surface area contributed by atoms with Gasteiger partial charge in [0.1, 0.15) is 6.10 Å². The molecule has 9 heteroatoms. The van der Waals surface area contributed by atoms with Gasteiger partial charge in [0.05, 0.1) is 7.11 Å². The number of nitrogens with one attached hydrogen (secondary N) is 1. The number of phenolic OH excluding ortho intramolecular Hbond substituents is 1. The van der Waals surface area contributed by atoms with Gasteiger partial charge in [-0.25, -0.2) is 9.59 Å². The molecule has 0 radical (unpaired) electrons. The molecule has 0 aliphatic rings. The van der Waals surface area contributed by atoms with E-state index in [0.717, 1.165) is 6.08 Å². The van der Waals surface area contributed by atoms with E-state index in [1.165, 1.54) is 50.6 Å². The van der Waals surface area contributed by atoms with Crippen LogP contribution in [0.1, 0.15) is 22.0 Å². The van der Waals surface area contributed by atoms with Crippen LogP contribution in [0.5, 0.6) is 11.5 Å². The Morgan fingerprint density at radius 2 is 1.77 bits per heavy atom. The summed E-state index contributed by atoms with van der Waals surface area (Å²) in [5.74, 6) is -1.93. The standard InChI is InChI=1S/C21H21NO8/c1-28-16-9-8-14(12-15(16)23)19(17(29-2)10-11-18(24)25)30-21(27)22-20(26)13-6-4-3-5-7-13/h3-12,17,19,23H,1-2H3,(H,24,25)(H,22,26,27)/b11-10+/t17-,19-/m1/s1. The molecule has 9 nitrogen and oxygen atoms in total. The number of carboxylic acids is 1. The number of amides is 2. The van der Waals surface area contributed by atoms with Crippen molar-refractivity contribution in [1.82, 2.24) is 5.32 Å². The Morgan fingerprint density at radius 1 is 1.07 bits per heavy atom. The van der Waals surface area contributed by atoms with E-state index in [1.807, 2.05) is 0 Å². The first-order chi connectivity index (χ1) is 14.3. The maximum absolute atomic E-state index is 12.3. The molecule has 0 saturated carbocycles.